The molecule has 0 aliphatic carbocycles. The first-order valence-electron chi connectivity index (χ1n) is 11.3. The first kappa shape index (κ1) is 23.1. The van der Waals surface area contributed by atoms with Crippen molar-refractivity contribution in [2.45, 2.75) is 31.0 Å². The minimum absolute atomic E-state index is 0.0356. The second kappa shape index (κ2) is 11.7. The molecule has 0 spiro atoms. The van der Waals surface area contributed by atoms with Crippen LogP contribution in [0.15, 0.2) is 72.0 Å². The van der Waals surface area contributed by atoms with E-state index in [4.69, 9.17) is 9.72 Å². The second-order valence-electron chi connectivity index (χ2n) is 8.23. The molecule has 7 heteroatoms. The van der Waals surface area contributed by atoms with Gasteiger partial charge in [0.25, 0.3) is 0 Å². The van der Waals surface area contributed by atoms with Crippen LogP contribution in [0.1, 0.15) is 24.0 Å². The molecule has 1 N–H and O–H groups in total. The van der Waals surface area contributed by atoms with Gasteiger partial charge in [0.15, 0.2) is 5.16 Å². The molecule has 2 aromatic carbocycles. The molecule has 1 aromatic heterocycles. The van der Waals surface area contributed by atoms with Crippen molar-refractivity contribution in [1.82, 2.24) is 15.3 Å². The normalized spacial score (nSPS) is 14.2. The van der Waals surface area contributed by atoms with Crippen LogP contribution in [-0.4, -0.2) is 41.8 Å². The molecule has 0 saturated carbocycles. The molecule has 0 atom stereocenters. The molecule has 0 unspecified atom stereocenters. The minimum atomic E-state index is -0.0356. The molecular weight excluding hydrogens is 432 g/mol. The predicted molar refractivity (Wildman–Crippen MR) is 133 cm³/mol. The number of hydrogen-bond acceptors (Lipinski definition) is 6. The highest BCUT2D eigenvalue weighted by Crippen LogP contribution is 2.25. The van der Waals surface area contributed by atoms with Gasteiger partial charge in [-0.25, -0.2) is 9.97 Å². The van der Waals surface area contributed by atoms with Gasteiger partial charge in [0.1, 0.15) is 11.6 Å². The number of amides is 1. The Balaban J connectivity index is 1.22. The smallest absolute Gasteiger partial charge is 0.230 e. The molecule has 172 valence electrons. The minimum Gasteiger partial charge on any atom is -0.497 e. The van der Waals surface area contributed by atoms with Crippen LogP contribution in [0.2, 0.25) is 0 Å². The number of thioether (sulfide) groups is 1. The maximum Gasteiger partial charge on any atom is 0.230 e. The number of carbonyl (C=O) groups excluding carboxylic acids is 1. The van der Waals surface area contributed by atoms with Gasteiger partial charge in [0.2, 0.25) is 5.91 Å². The van der Waals surface area contributed by atoms with Crippen LogP contribution in [0.4, 0.5) is 5.82 Å². The van der Waals surface area contributed by atoms with E-state index in [0.29, 0.717) is 23.4 Å². The zero-order valence-corrected chi connectivity index (χ0v) is 19.8. The number of anilines is 1. The number of hydrogen-bond donors (Lipinski definition) is 1. The highest BCUT2D eigenvalue weighted by molar-refractivity contribution is 7.99. The van der Waals surface area contributed by atoms with Gasteiger partial charge in [-0.1, -0.05) is 54.2 Å². The summed E-state index contributed by atoms with van der Waals surface area (Å²) in [4.78, 5) is 23.6. The molecule has 4 rings (SSSR count). The standard InChI is InChI=1S/C26H30N4O2S/c1-32-23-9-7-22(8-10-23)18-28-25(31)19-33-26-27-14-11-24(29-26)30-15-12-21(13-16-30)17-20-5-3-2-4-6-20/h2-11,14,21H,12-13,15-19H2,1H3,(H,28,31). The molecule has 0 radical (unpaired) electrons. The van der Waals surface area contributed by atoms with Crippen molar-refractivity contribution in [2.24, 2.45) is 5.92 Å². The fourth-order valence-electron chi connectivity index (χ4n) is 4.02. The lowest BCUT2D eigenvalue weighted by molar-refractivity contribution is -0.118. The number of piperidine rings is 1. The molecule has 6 nitrogen and oxygen atoms in total. The van der Waals surface area contributed by atoms with E-state index >= 15 is 0 Å². The van der Waals surface area contributed by atoms with Crippen LogP contribution in [0.5, 0.6) is 5.75 Å². The third kappa shape index (κ3) is 6.96. The molecule has 3 aromatic rings. The Hall–Kier alpha value is -3.06. The summed E-state index contributed by atoms with van der Waals surface area (Å²) in [6.45, 7) is 2.49. The molecule has 33 heavy (non-hydrogen) atoms. The summed E-state index contributed by atoms with van der Waals surface area (Å²) >= 11 is 1.37. The van der Waals surface area contributed by atoms with E-state index < -0.39 is 0 Å². The molecular formula is C26H30N4O2S. The monoisotopic (exact) mass is 462 g/mol. The average Bonchev–Trinajstić information content (AvgIpc) is 2.88. The van der Waals surface area contributed by atoms with E-state index in [-0.39, 0.29) is 5.91 Å². The summed E-state index contributed by atoms with van der Waals surface area (Å²) in [5, 5.41) is 3.58. The van der Waals surface area contributed by atoms with Crippen LogP contribution in [0, 0.1) is 5.92 Å². The van der Waals surface area contributed by atoms with Crippen molar-refractivity contribution >= 4 is 23.5 Å². The zero-order valence-electron chi connectivity index (χ0n) is 18.9. The fourth-order valence-corrected chi connectivity index (χ4v) is 4.67. The Morgan fingerprint density at radius 2 is 1.82 bits per heavy atom. The Labute approximate surface area is 199 Å². The molecule has 1 fully saturated rings. The number of rotatable bonds is 9. The summed E-state index contributed by atoms with van der Waals surface area (Å²) < 4.78 is 5.16. The molecule has 1 aliphatic heterocycles. The van der Waals surface area contributed by atoms with Crippen molar-refractivity contribution in [1.29, 1.82) is 0 Å². The van der Waals surface area contributed by atoms with Gasteiger partial charge in [-0.2, -0.15) is 0 Å². The van der Waals surface area contributed by atoms with Gasteiger partial charge in [0, 0.05) is 25.8 Å². The van der Waals surface area contributed by atoms with Crippen LogP contribution in [0.25, 0.3) is 0 Å². The summed E-state index contributed by atoms with van der Waals surface area (Å²) in [6, 6.07) is 20.4. The number of carbonyl (C=O) groups is 1. The first-order valence-corrected chi connectivity index (χ1v) is 12.3. The molecule has 0 bridgehead atoms. The van der Waals surface area contributed by atoms with Gasteiger partial charge in [-0.3, -0.25) is 4.79 Å². The summed E-state index contributed by atoms with van der Waals surface area (Å²) in [6.07, 6.45) is 5.26. The van der Waals surface area contributed by atoms with Gasteiger partial charge in [0.05, 0.1) is 12.9 Å². The van der Waals surface area contributed by atoms with Crippen molar-refractivity contribution < 1.29 is 9.53 Å². The van der Waals surface area contributed by atoms with Crippen molar-refractivity contribution in [3.05, 3.63) is 78.0 Å². The van der Waals surface area contributed by atoms with Crippen LogP contribution < -0.4 is 15.0 Å². The Bertz CT molecular complexity index is 1020. The van der Waals surface area contributed by atoms with Gasteiger partial charge in [-0.15, -0.1) is 0 Å². The lowest BCUT2D eigenvalue weighted by atomic mass is 9.90. The van der Waals surface area contributed by atoms with Gasteiger partial charge in [-0.05, 0) is 54.5 Å². The predicted octanol–water partition coefficient (Wildman–Crippen LogP) is 4.35. The van der Waals surface area contributed by atoms with E-state index in [0.717, 1.165) is 49.5 Å². The van der Waals surface area contributed by atoms with Crippen LogP contribution in [-0.2, 0) is 17.8 Å². The number of ether oxygens (including phenoxy) is 1. The first-order chi connectivity index (χ1) is 16.2. The third-order valence-electron chi connectivity index (χ3n) is 5.91. The van der Waals surface area contributed by atoms with E-state index in [2.05, 4.69) is 45.5 Å². The van der Waals surface area contributed by atoms with Crippen molar-refractivity contribution in [3.8, 4) is 5.75 Å². The Morgan fingerprint density at radius 1 is 1.06 bits per heavy atom. The Morgan fingerprint density at radius 3 is 2.55 bits per heavy atom. The molecule has 1 aliphatic rings. The topological polar surface area (TPSA) is 67.3 Å². The maximum absolute atomic E-state index is 12.3. The lowest BCUT2D eigenvalue weighted by Crippen LogP contribution is -2.35. The third-order valence-corrected chi connectivity index (χ3v) is 6.77. The molecule has 1 saturated heterocycles. The van der Waals surface area contributed by atoms with E-state index in [1.165, 1.54) is 17.3 Å². The van der Waals surface area contributed by atoms with Crippen molar-refractivity contribution in [2.75, 3.05) is 30.9 Å². The Kier molecular flexibility index (Phi) is 8.19. The van der Waals surface area contributed by atoms with Crippen molar-refractivity contribution in [3.63, 3.8) is 0 Å². The van der Waals surface area contributed by atoms with Crippen LogP contribution in [0.3, 0.4) is 0 Å². The maximum atomic E-state index is 12.3. The summed E-state index contributed by atoms with van der Waals surface area (Å²) in [5.41, 5.74) is 2.45. The zero-order chi connectivity index (χ0) is 22.9. The molecule has 1 amide bonds. The molecule has 2 heterocycles. The quantitative estimate of drug-likeness (QED) is 0.377. The van der Waals surface area contributed by atoms with Gasteiger partial charge < -0.3 is 15.0 Å². The highest BCUT2D eigenvalue weighted by atomic mass is 32.2. The number of nitrogens with zero attached hydrogens (tertiary/aromatic N) is 3. The summed E-state index contributed by atoms with van der Waals surface area (Å²) in [7, 11) is 1.64. The average molecular weight is 463 g/mol. The number of methoxy groups -OCH3 is 1. The highest BCUT2D eigenvalue weighted by Gasteiger charge is 2.21. The van der Waals surface area contributed by atoms with Crippen LogP contribution >= 0.6 is 11.8 Å². The largest absolute Gasteiger partial charge is 0.497 e. The van der Waals surface area contributed by atoms with E-state index in [1.807, 2.05) is 30.3 Å². The number of nitrogens with one attached hydrogen (secondary N) is 1. The summed E-state index contributed by atoms with van der Waals surface area (Å²) in [5.74, 6) is 2.72. The van der Waals surface area contributed by atoms with E-state index in [9.17, 15) is 4.79 Å². The number of aromatic nitrogens is 2. The van der Waals surface area contributed by atoms with E-state index in [1.54, 1.807) is 13.3 Å². The lowest BCUT2D eigenvalue weighted by Gasteiger charge is -2.33. The fraction of sp³-hybridized carbons (Fsp3) is 0.346. The van der Waals surface area contributed by atoms with Gasteiger partial charge >= 0.3 is 0 Å². The SMILES string of the molecule is COc1ccc(CNC(=O)CSc2nccc(N3CCC(Cc4ccccc4)CC3)n2)cc1. The number of benzene rings is 2. The second-order valence-corrected chi connectivity index (χ2v) is 9.17.